The minimum atomic E-state index is -0.897. The summed E-state index contributed by atoms with van der Waals surface area (Å²) >= 11 is 1.46. The zero-order valence-corrected chi connectivity index (χ0v) is 38.5. The Morgan fingerprint density at radius 2 is 1.92 bits per heavy atom. The predicted octanol–water partition coefficient (Wildman–Crippen LogP) is 4.99. The van der Waals surface area contributed by atoms with Crippen LogP contribution in [0.15, 0.2) is 41.9 Å². The van der Waals surface area contributed by atoms with Gasteiger partial charge >= 0.3 is 5.97 Å². The summed E-state index contributed by atoms with van der Waals surface area (Å²) in [5.74, 6) is 6.52. The number of likely N-dealkylation sites (N-methyl/N-ethyl adjacent to an activating group) is 1. The van der Waals surface area contributed by atoms with E-state index in [4.69, 9.17) is 24.2 Å². The molecule has 2 amide bonds. The first-order chi connectivity index (χ1) is 30.8. The van der Waals surface area contributed by atoms with E-state index >= 15 is 0 Å². The van der Waals surface area contributed by atoms with Crippen molar-refractivity contribution in [1.29, 1.82) is 0 Å². The second kappa shape index (κ2) is 16.7. The van der Waals surface area contributed by atoms with E-state index in [1.54, 1.807) is 12.1 Å². The number of aromatic nitrogens is 3. The van der Waals surface area contributed by atoms with Gasteiger partial charge in [0.05, 0.1) is 59.3 Å². The molecule has 336 valence electrons. The van der Waals surface area contributed by atoms with E-state index < -0.39 is 17.5 Å². The summed E-state index contributed by atoms with van der Waals surface area (Å²) in [6.07, 6.45) is 3.67. The number of hydrazine groups is 1. The molecule has 11 rings (SSSR count). The van der Waals surface area contributed by atoms with Crippen molar-refractivity contribution >= 4 is 40.0 Å². The molecule has 2 N–H and O–H groups in total. The Morgan fingerprint density at radius 3 is 2.67 bits per heavy atom. The standard InChI is InChI=1S/C49H58N8O6S/c1-27-28(2)41(27)46(58)52-37-22-40-51-38(25-64-40)31-20-34-36(23-49(4,5)26-63-48(60)43-32-18-33(19-32)57(53-43)47(37)59)44(56-15-16-62-39(21-31)45(34)56)35-17-30(24-50-42(35)29(3)61-7)9-8-10-55-13-11-54(6)12-14-55/h17,20-21,24-25,28-29,32-33,37,41,43,53H,1,10-16,18-19,22-23,26H2,2-7H3,(H,52,58)/t28-,29-,32?,33?,37-,41-,43-/m0/s1. The van der Waals surface area contributed by atoms with Gasteiger partial charge < -0.3 is 29.0 Å². The molecule has 0 unspecified atom stereocenters. The van der Waals surface area contributed by atoms with Gasteiger partial charge in [-0.3, -0.25) is 29.3 Å². The lowest BCUT2D eigenvalue weighted by Crippen LogP contribution is -2.71. The molecule has 5 aliphatic heterocycles. The van der Waals surface area contributed by atoms with Crippen LogP contribution in [-0.4, -0.2) is 125 Å². The lowest BCUT2D eigenvalue weighted by molar-refractivity contribution is -0.171. The minimum absolute atomic E-state index is 0.0501. The number of thiazole rings is 1. The molecular formula is C49H58N8O6S. The number of nitrogens with one attached hydrogen (secondary N) is 2. The van der Waals surface area contributed by atoms with Gasteiger partial charge in [-0.05, 0) is 68.8 Å². The zero-order chi connectivity index (χ0) is 44.6. The smallest absolute Gasteiger partial charge is 0.325 e. The Kier molecular flexibility index (Phi) is 11.2. The molecule has 14 nitrogen and oxygen atoms in total. The summed E-state index contributed by atoms with van der Waals surface area (Å²) in [6, 6.07) is 4.75. The van der Waals surface area contributed by atoms with Gasteiger partial charge in [-0.1, -0.05) is 44.8 Å². The van der Waals surface area contributed by atoms with Crippen LogP contribution in [0.2, 0.25) is 0 Å². The van der Waals surface area contributed by atoms with Crippen LogP contribution in [0.5, 0.6) is 5.75 Å². The van der Waals surface area contributed by atoms with E-state index in [1.165, 1.54) is 11.3 Å². The Balaban J connectivity index is 1.09. The summed E-state index contributed by atoms with van der Waals surface area (Å²) in [4.78, 5) is 57.0. The quantitative estimate of drug-likeness (QED) is 0.154. The number of piperazine rings is 1. The minimum Gasteiger partial charge on any atom is -0.489 e. The summed E-state index contributed by atoms with van der Waals surface area (Å²) in [7, 11) is 3.86. The van der Waals surface area contributed by atoms with Crippen LogP contribution >= 0.6 is 11.3 Å². The Morgan fingerprint density at radius 1 is 1.14 bits per heavy atom. The average Bonchev–Trinajstić information content (AvgIpc) is 3.53. The maximum atomic E-state index is 14.5. The second-order valence-corrected chi connectivity index (χ2v) is 20.4. The number of hydrogen-bond donors (Lipinski definition) is 2. The van der Waals surface area contributed by atoms with E-state index in [0.29, 0.717) is 44.0 Å². The van der Waals surface area contributed by atoms with Gasteiger partial charge in [0.25, 0.3) is 5.91 Å². The molecule has 3 saturated heterocycles. The van der Waals surface area contributed by atoms with Crippen molar-refractivity contribution in [3.05, 3.63) is 63.8 Å². The number of carbonyl (C=O) groups excluding carboxylic acids is 3. The van der Waals surface area contributed by atoms with E-state index in [2.05, 4.69) is 82.6 Å². The fourth-order valence-corrected chi connectivity index (χ4v) is 11.1. The van der Waals surface area contributed by atoms with E-state index in [1.807, 2.05) is 25.4 Å². The van der Waals surface area contributed by atoms with Gasteiger partial charge in [-0.15, -0.1) is 11.3 Å². The molecule has 8 bridgehead atoms. The maximum Gasteiger partial charge on any atom is 0.325 e. The van der Waals surface area contributed by atoms with Crippen LogP contribution in [0.1, 0.15) is 68.5 Å². The lowest BCUT2D eigenvalue weighted by atomic mass is 9.73. The fraction of sp³-hybridized carbons (Fsp3) is 0.531. The molecule has 5 atom stereocenters. The van der Waals surface area contributed by atoms with Crippen LogP contribution in [0.3, 0.4) is 0 Å². The largest absolute Gasteiger partial charge is 0.489 e. The molecule has 0 radical (unpaired) electrons. The van der Waals surface area contributed by atoms with Crippen molar-refractivity contribution in [3.63, 3.8) is 0 Å². The molecule has 64 heavy (non-hydrogen) atoms. The first-order valence-corrected chi connectivity index (χ1v) is 23.6. The van der Waals surface area contributed by atoms with Crippen LogP contribution in [0.25, 0.3) is 33.4 Å². The molecule has 4 aromatic rings. The van der Waals surface area contributed by atoms with Crippen molar-refractivity contribution in [2.24, 2.45) is 23.2 Å². The highest BCUT2D eigenvalue weighted by molar-refractivity contribution is 7.10. The molecule has 8 heterocycles. The number of methoxy groups -OCH3 is 1. The molecule has 0 spiro atoms. The number of benzene rings is 1. The molecule has 1 aromatic carbocycles. The third-order valence-corrected chi connectivity index (χ3v) is 15.2. The van der Waals surface area contributed by atoms with Gasteiger partial charge in [-0.2, -0.15) is 0 Å². The van der Waals surface area contributed by atoms with Gasteiger partial charge in [-0.25, -0.2) is 10.4 Å². The van der Waals surface area contributed by atoms with E-state index in [-0.39, 0.29) is 60.7 Å². The van der Waals surface area contributed by atoms with Crippen LogP contribution in [0, 0.1) is 35.0 Å². The van der Waals surface area contributed by atoms with Crippen LogP contribution < -0.4 is 15.5 Å². The molecule has 15 heteroatoms. The lowest BCUT2D eigenvalue weighted by Gasteiger charge is -2.53. The number of rotatable bonds is 6. The Bertz CT molecular complexity index is 2610. The zero-order valence-electron chi connectivity index (χ0n) is 37.7. The van der Waals surface area contributed by atoms with Gasteiger partial charge in [0.2, 0.25) is 5.91 Å². The summed E-state index contributed by atoms with van der Waals surface area (Å²) in [5, 5.41) is 8.38. The topological polar surface area (TPSA) is 143 Å². The number of cyclic esters (lactones) is 1. The van der Waals surface area contributed by atoms with E-state index in [9.17, 15) is 14.4 Å². The highest BCUT2D eigenvalue weighted by Gasteiger charge is 2.52. The second-order valence-electron chi connectivity index (χ2n) is 19.5. The number of esters is 1. The highest BCUT2D eigenvalue weighted by Crippen LogP contribution is 2.47. The summed E-state index contributed by atoms with van der Waals surface area (Å²) in [5.41, 5.74) is 10.9. The number of pyridine rings is 1. The first-order valence-electron chi connectivity index (χ1n) is 22.7. The number of nitrogens with zero attached hydrogens (tertiary/aromatic N) is 6. The summed E-state index contributed by atoms with van der Waals surface area (Å²) < 4.78 is 21.1. The Labute approximate surface area is 378 Å². The molecule has 5 fully saturated rings. The normalized spacial score (nSPS) is 27.1. The highest BCUT2D eigenvalue weighted by atomic mass is 32.1. The van der Waals surface area contributed by atoms with Gasteiger partial charge in [0.15, 0.2) is 0 Å². The van der Waals surface area contributed by atoms with Crippen molar-refractivity contribution in [2.45, 2.75) is 84.2 Å². The van der Waals surface area contributed by atoms with Gasteiger partial charge in [0, 0.05) is 84.8 Å². The number of amides is 2. The number of carbonyl (C=O) groups is 3. The third-order valence-electron chi connectivity index (χ3n) is 14.4. The van der Waals surface area contributed by atoms with E-state index in [0.717, 1.165) is 87.7 Å². The molecule has 3 aromatic heterocycles. The van der Waals surface area contributed by atoms with Crippen LogP contribution in [-0.2, 0) is 43.2 Å². The monoisotopic (exact) mass is 886 g/mol. The van der Waals surface area contributed by atoms with Crippen LogP contribution in [0.4, 0.5) is 0 Å². The molecular weight excluding hydrogens is 829 g/mol. The summed E-state index contributed by atoms with van der Waals surface area (Å²) in [6.45, 7) is 18.3. The number of fused-ring (bicyclic) bond motifs is 4. The molecule has 2 saturated carbocycles. The van der Waals surface area contributed by atoms with Gasteiger partial charge in [0.1, 0.15) is 24.4 Å². The van der Waals surface area contributed by atoms with Crippen molar-refractivity contribution in [2.75, 3.05) is 60.1 Å². The fourth-order valence-electron chi connectivity index (χ4n) is 10.2. The first kappa shape index (κ1) is 42.8. The molecule has 2 aliphatic carbocycles. The van der Waals surface area contributed by atoms with Crippen molar-refractivity contribution in [3.8, 4) is 40.1 Å². The van der Waals surface area contributed by atoms with Crippen molar-refractivity contribution < 1.29 is 28.6 Å². The molecule has 7 aliphatic rings. The van der Waals surface area contributed by atoms with Crippen molar-refractivity contribution in [1.82, 2.24) is 40.1 Å². The number of ether oxygens (including phenoxy) is 3. The Hall–Kier alpha value is -5.11. The predicted molar refractivity (Wildman–Crippen MR) is 244 cm³/mol. The maximum absolute atomic E-state index is 14.5. The average molecular weight is 887 g/mol. The number of hydrogen-bond acceptors (Lipinski definition) is 12. The third kappa shape index (κ3) is 7.91. The SMILES string of the molecule is C=C1[C@H](C(=O)N[C@H]2Cc3nc(cs3)-c3cc4c5c(c3)c(c(-c3cc(C#CCN6CCN(C)CC6)cnc3[C@H](C)OC)n5CCO4)CC(C)(C)COC(=O)[C@H]3NN(C2=O)C2CC3C2)[C@H]1C.